The lowest BCUT2D eigenvalue weighted by atomic mass is 10.1. The molecule has 0 aromatic heterocycles. The number of rotatable bonds is 7. The second-order valence-corrected chi connectivity index (χ2v) is 7.40. The molecule has 2 rings (SSSR count). The van der Waals surface area contributed by atoms with Gasteiger partial charge in [0.1, 0.15) is 0 Å². The quantitative estimate of drug-likeness (QED) is 0.693. The minimum absolute atomic E-state index is 0.0187. The number of hydrogen-bond acceptors (Lipinski definition) is 5. The zero-order chi connectivity index (χ0) is 20.4. The van der Waals surface area contributed by atoms with Crippen molar-refractivity contribution in [2.45, 2.75) is 31.6 Å². The molecule has 0 unspecified atom stereocenters. The second-order valence-electron chi connectivity index (χ2n) is 5.51. The van der Waals surface area contributed by atoms with Gasteiger partial charge in [-0.1, -0.05) is 32.1 Å². The Morgan fingerprint density at radius 1 is 1.26 bits per heavy atom. The highest BCUT2D eigenvalue weighted by atomic mass is 32.2. The van der Waals surface area contributed by atoms with Crippen LogP contribution < -0.4 is 10.0 Å². The molecule has 8 heteroatoms. The largest absolute Gasteiger partial charge is 0.380 e. The first-order chi connectivity index (χ1) is 12.9. The second kappa shape index (κ2) is 10.9. The van der Waals surface area contributed by atoms with Crippen molar-refractivity contribution in [3.05, 3.63) is 47.6 Å². The van der Waals surface area contributed by atoms with Crippen molar-refractivity contribution in [1.82, 2.24) is 9.79 Å². The van der Waals surface area contributed by atoms with Crippen molar-refractivity contribution < 1.29 is 18.0 Å². The normalized spacial score (nSPS) is 13.3. The standard InChI is InChI=1S/C17H23N3O4S.C2H6/c1-18-25(22,23)14-9-10-16(15(11-14)17(21)20(2)24-3)19-12-13-7-5-4-6-8-13;1-2/h5,7-11,18-19H,4,6,12H2,1-3H3;1-2H3. The number of carbonyl (C=O) groups is 1. The summed E-state index contributed by atoms with van der Waals surface area (Å²) in [6.07, 6.45) is 8.30. The summed E-state index contributed by atoms with van der Waals surface area (Å²) in [7, 11) is 0.517. The molecule has 7 nitrogen and oxygen atoms in total. The fraction of sp³-hybridized carbons (Fsp3) is 0.421. The average molecular weight is 396 g/mol. The molecule has 150 valence electrons. The van der Waals surface area contributed by atoms with Crippen LogP contribution in [0.1, 0.15) is 37.0 Å². The van der Waals surface area contributed by atoms with Crippen LogP contribution in [-0.4, -0.2) is 47.1 Å². The van der Waals surface area contributed by atoms with Crippen molar-refractivity contribution in [3.8, 4) is 0 Å². The van der Waals surface area contributed by atoms with Crippen LogP contribution in [0.3, 0.4) is 0 Å². The molecule has 0 heterocycles. The fourth-order valence-electron chi connectivity index (χ4n) is 2.39. The maximum absolute atomic E-state index is 12.5. The molecule has 0 fully saturated rings. The van der Waals surface area contributed by atoms with Crippen LogP contribution >= 0.6 is 0 Å². The maximum atomic E-state index is 12.5. The van der Waals surface area contributed by atoms with Gasteiger partial charge in [0.2, 0.25) is 10.0 Å². The van der Waals surface area contributed by atoms with Gasteiger partial charge in [0.05, 0.1) is 17.6 Å². The molecule has 27 heavy (non-hydrogen) atoms. The van der Waals surface area contributed by atoms with E-state index in [1.54, 1.807) is 6.07 Å². The lowest BCUT2D eigenvalue weighted by Crippen LogP contribution is -2.27. The zero-order valence-electron chi connectivity index (χ0n) is 16.6. The molecule has 2 N–H and O–H groups in total. The number of benzene rings is 1. The first kappa shape index (κ1) is 22.9. The van der Waals surface area contributed by atoms with Crippen molar-refractivity contribution in [2.75, 3.05) is 33.1 Å². The van der Waals surface area contributed by atoms with E-state index in [1.165, 1.54) is 33.3 Å². The number of hydroxylamine groups is 2. The average Bonchev–Trinajstić information content (AvgIpc) is 2.73. The Morgan fingerprint density at radius 3 is 2.52 bits per heavy atom. The number of allylic oxidation sites excluding steroid dienone is 2. The van der Waals surface area contributed by atoms with Gasteiger partial charge >= 0.3 is 0 Å². The van der Waals surface area contributed by atoms with E-state index in [-0.39, 0.29) is 10.5 Å². The summed E-state index contributed by atoms with van der Waals surface area (Å²) in [5.74, 6) is -0.439. The van der Waals surface area contributed by atoms with Crippen LogP contribution in [0.2, 0.25) is 0 Å². The van der Waals surface area contributed by atoms with Gasteiger partial charge in [-0.05, 0) is 43.7 Å². The van der Waals surface area contributed by atoms with Crippen LogP contribution in [0.4, 0.5) is 5.69 Å². The lowest BCUT2D eigenvalue weighted by molar-refractivity contribution is -0.0756. The summed E-state index contributed by atoms with van der Waals surface area (Å²) in [4.78, 5) is 17.5. The Hall–Kier alpha value is -2.16. The Labute approximate surface area is 162 Å². The lowest BCUT2D eigenvalue weighted by Gasteiger charge is -2.18. The summed E-state index contributed by atoms with van der Waals surface area (Å²) in [6.45, 7) is 4.55. The number of sulfonamides is 1. The zero-order valence-corrected chi connectivity index (χ0v) is 17.4. The van der Waals surface area contributed by atoms with Crippen molar-refractivity contribution in [1.29, 1.82) is 0 Å². The fourth-order valence-corrected chi connectivity index (χ4v) is 3.14. The third kappa shape index (κ3) is 6.20. The predicted octanol–water partition coefficient (Wildman–Crippen LogP) is 2.94. The molecule has 0 atom stereocenters. The smallest absolute Gasteiger partial charge is 0.279 e. The van der Waals surface area contributed by atoms with E-state index >= 15 is 0 Å². The molecule has 1 aromatic carbocycles. The molecule has 1 aliphatic carbocycles. The number of nitrogens with one attached hydrogen (secondary N) is 2. The van der Waals surface area contributed by atoms with Gasteiger partial charge in [0.25, 0.3) is 5.91 Å². The number of anilines is 1. The summed E-state index contributed by atoms with van der Waals surface area (Å²) in [6, 6.07) is 4.40. The Bertz CT molecular complexity index is 801. The summed E-state index contributed by atoms with van der Waals surface area (Å²) >= 11 is 0. The molecule has 0 bridgehead atoms. The van der Waals surface area contributed by atoms with Crippen molar-refractivity contribution >= 4 is 21.6 Å². The van der Waals surface area contributed by atoms with Crippen LogP contribution in [0.15, 0.2) is 46.9 Å². The van der Waals surface area contributed by atoms with E-state index in [0.29, 0.717) is 12.2 Å². The number of hydrogen-bond donors (Lipinski definition) is 2. The van der Waals surface area contributed by atoms with E-state index in [1.807, 2.05) is 19.9 Å². The number of amides is 1. The number of nitrogens with zero attached hydrogens (tertiary/aromatic N) is 1. The Morgan fingerprint density at radius 2 is 1.96 bits per heavy atom. The molecule has 0 saturated heterocycles. The topological polar surface area (TPSA) is 87.7 Å². The minimum Gasteiger partial charge on any atom is -0.380 e. The van der Waals surface area contributed by atoms with Crippen LogP contribution in [0, 0.1) is 0 Å². The van der Waals surface area contributed by atoms with Crippen LogP contribution in [0.25, 0.3) is 0 Å². The molecule has 0 radical (unpaired) electrons. The predicted molar refractivity (Wildman–Crippen MR) is 108 cm³/mol. The van der Waals surface area contributed by atoms with Gasteiger partial charge in [-0.2, -0.15) is 0 Å². The molecule has 0 spiro atoms. The molecule has 0 saturated carbocycles. The minimum atomic E-state index is -3.65. The summed E-state index contributed by atoms with van der Waals surface area (Å²) in [5.41, 5.74) is 1.89. The molecular formula is C19H29N3O4S. The van der Waals surface area contributed by atoms with E-state index in [2.05, 4.69) is 22.2 Å². The van der Waals surface area contributed by atoms with E-state index in [4.69, 9.17) is 4.84 Å². The Balaban J connectivity index is 0.00000176. The third-order valence-corrected chi connectivity index (χ3v) is 5.33. The first-order valence-corrected chi connectivity index (χ1v) is 10.4. The van der Waals surface area contributed by atoms with Crippen molar-refractivity contribution in [3.63, 3.8) is 0 Å². The van der Waals surface area contributed by atoms with E-state index < -0.39 is 15.9 Å². The van der Waals surface area contributed by atoms with Gasteiger partial charge in [0.15, 0.2) is 0 Å². The monoisotopic (exact) mass is 395 g/mol. The summed E-state index contributed by atoms with van der Waals surface area (Å²) < 4.78 is 26.3. The number of carbonyl (C=O) groups excluding carboxylic acids is 1. The third-order valence-electron chi connectivity index (χ3n) is 3.92. The molecule has 1 aromatic rings. The SMILES string of the molecule is CC.CNS(=O)(=O)c1ccc(NCC2=CCCC=C2)c(C(=O)N(C)OC)c1. The molecule has 1 amide bonds. The van der Waals surface area contributed by atoms with Crippen molar-refractivity contribution in [2.24, 2.45) is 0 Å². The summed E-state index contributed by atoms with van der Waals surface area (Å²) in [5, 5.41) is 4.25. The highest BCUT2D eigenvalue weighted by Gasteiger charge is 2.20. The molecule has 0 aliphatic heterocycles. The molecular weight excluding hydrogens is 366 g/mol. The van der Waals surface area contributed by atoms with Gasteiger partial charge < -0.3 is 5.32 Å². The maximum Gasteiger partial charge on any atom is 0.279 e. The molecule has 1 aliphatic rings. The highest BCUT2D eigenvalue weighted by molar-refractivity contribution is 7.89. The van der Waals surface area contributed by atoms with Gasteiger partial charge in [-0.3, -0.25) is 9.63 Å². The first-order valence-electron chi connectivity index (χ1n) is 8.88. The Kier molecular flexibility index (Phi) is 9.20. The van der Waals surface area contributed by atoms with Gasteiger partial charge in [0, 0.05) is 19.3 Å². The van der Waals surface area contributed by atoms with Crippen LogP contribution in [0.5, 0.6) is 0 Å². The van der Waals surface area contributed by atoms with Gasteiger partial charge in [-0.15, -0.1) is 0 Å². The highest BCUT2D eigenvalue weighted by Crippen LogP contribution is 2.23. The van der Waals surface area contributed by atoms with Gasteiger partial charge in [-0.25, -0.2) is 18.2 Å². The van der Waals surface area contributed by atoms with Crippen LogP contribution in [-0.2, 0) is 14.9 Å². The van der Waals surface area contributed by atoms with E-state index in [9.17, 15) is 13.2 Å². The van der Waals surface area contributed by atoms with E-state index in [0.717, 1.165) is 23.5 Å².